The second kappa shape index (κ2) is 5.64. The van der Waals surface area contributed by atoms with Crippen molar-refractivity contribution in [3.8, 4) is 0 Å². The molecule has 3 rings (SSSR count). The van der Waals surface area contributed by atoms with Crippen molar-refractivity contribution in [1.82, 2.24) is 4.98 Å². The number of carboxylic acids is 1. The molecule has 1 heterocycles. The Hall–Kier alpha value is -1.62. The number of hydrogen-bond acceptors (Lipinski definition) is 3. The largest absolute Gasteiger partial charge is 0.478 e. The van der Waals surface area contributed by atoms with Gasteiger partial charge in [-0.05, 0) is 35.9 Å². The zero-order chi connectivity index (χ0) is 15.0. The van der Waals surface area contributed by atoms with Crippen LogP contribution in [0.2, 0.25) is 10.0 Å². The third-order valence-corrected chi connectivity index (χ3v) is 4.78. The standard InChI is InChI=1S/C15H9Cl2NO2S/c16-10-3-1-8(5-11(10)17)6-14-18-12-4-2-9(15(19)20)7-13(12)21-14/h1-5,7H,6H2,(H,19,20). The Morgan fingerprint density at radius 1 is 1.14 bits per heavy atom. The fourth-order valence-corrected chi connectivity index (χ4v) is 3.37. The van der Waals surface area contributed by atoms with Crippen LogP contribution in [0.3, 0.4) is 0 Å². The number of aromatic nitrogens is 1. The van der Waals surface area contributed by atoms with E-state index in [1.807, 2.05) is 12.1 Å². The van der Waals surface area contributed by atoms with Crippen LogP contribution in [-0.2, 0) is 6.42 Å². The molecule has 106 valence electrons. The maximum atomic E-state index is 11.0. The van der Waals surface area contributed by atoms with Crippen molar-refractivity contribution in [3.05, 3.63) is 62.6 Å². The summed E-state index contributed by atoms with van der Waals surface area (Å²) in [5, 5.41) is 10.9. The molecule has 0 aliphatic carbocycles. The van der Waals surface area contributed by atoms with Crippen molar-refractivity contribution in [2.45, 2.75) is 6.42 Å². The average molecular weight is 338 g/mol. The molecule has 0 atom stereocenters. The monoisotopic (exact) mass is 337 g/mol. The Kier molecular flexibility index (Phi) is 3.85. The van der Waals surface area contributed by atoms with Crippen LogP contribution in [0, 0.1) is 0 Å². The summed E-state index contributed by atoms with van der Waals surface area (Å²) in [6, 6.07) is 10.4. The molecule has 3 aromatic rings. The minimum Gasteiger partial charge on any atom is -0.478 e. The molecule has 0 bridgehead atoms. The van der Waals surface area contributed by atoms with Crippen molar-refractivity contribution in [2.75, 3.05) is 0 Å². The van der Waals surface area contributed by atoms with E-state index in [1.165, 1.54) is 11.3 Å². The molecule has 1 aromatic heterocycles. The summed E-state index contributed by atoms with van der Waals surface area (Å²) in [6.07, 6.45) is 0.638. The third-order valence-electron chi connectivity index (χ3n) is 3.02. The van der Waals surface area contributed by atoms with Gasteiger partial charge in [-0.1, -0.05) is 29.3 Å². The molecule has 0 aliphatic heterocycles. The van der Waals surface area contributed by atoms with Gasteiger partial charge in [0.15, 0.2) is 0 Å². The number of thiazole rings is 1. The summed E-state index contributed by atoms with van der Waals surface area (Å²) in [5.74, 6) is -0.934. The molecule has 0 fully saturated rings. The van der Waals surface area contributed by atoms with Gasteiger partial charge in [0, 0.05) is 6.42 Å². The SMILES string of the molecule is O=C(O)c1ccc2nc(Cc3ccc(Cl)c(Cl)c3)sc2c1. The molecule has 0 amide bonds. The fourth-order valence-electron chi connectivity index (χ4n) is 2.01. The Morgan fingerprint density at radius 2 is 1.95 bits per heavy atom. The lowest BCUT2D eigenvalue weighted by Crippen LogP contribution is -1.94. The first-order valence-electron chi connectivity index (χ1n) is 6.09. The zero-order valence-corrected chi connectivity index (χ0v) is 13.0. The number of nitrogens with zero attached hydrogens (tertiary/aromatic N) is 1. The number of fused-ring (bicyclic) bond motifs is 1. The maximum absolute atomic E-state index is 11.0. The second-order valence-corrected chi connectivity index (χ2v) is 6.45. The highest BCUT2D eigenvalue weighted by atomic mass is 35.5. The van der Waals surface area contributed by atoms with Gasteiger partial charge in [0.25, 0.3) is 0 Å². The van der Waals surface area contributed by atoms with E-state index in [0.29, 0.717) is 16.5 Å². The Bertz CT molecular complexity index is 845. The molecule has 0 radical (unpaired) electrons. The normalized spacial score (nSPS) is 11.0. The van der Waals surface area contributed by atoms with Crippen molar-refractivity contribution in [1.29, 1.82) is 0 Å². The number of benzene rings is 2. The van der Waals surface area contributed by atoms with Gasteiger partial charge in [-0.25, -0.2) is 9.78 Å². The third kappa shape index (κ3) is 3.02. The van der Waals surface area contributed by atoms with Gasteiger partial charge in [-0.3, -0.25) is 0 Å². The molecule has 0 aliphatic rings. The molecule has 0 unspecified atom stereocenters. The Morgan fingerprint density at radius 3 is 2.67 bits per heavy atom. The quantitative estimate of drug-likeness (QED) is 0.739. The van der Waals surface area contributed by atoms with E-state index >= 15 is 0 Å². The van der Waals surface area contributed by atoms with Crippen LogP contribution >= 0.6 is 34.5 Å². The van der Waals surface area contributed by atoms with Gasteiger partial charge in [-0.15, -0.1) is 11.3 Å². The summed E-state index contributed by atoms with van der Waals surface area (Å²) in [7, 11) is 0. The number of halogens is 2. The van der Waals surface area contributed by atoms with E-state index in [9.17, 15) is 4.79 Å². The van der Waals surface area contributed by atoms with Crippen LogP contribution in [0.4, 0.5) is 0 Å². The van der Waals surface area contributed by atoms with Crippen LogP contribution in [0.25, 0.3) is 10.2 Å². The van der Waals surface area contributed by atoms with E-state index in [-0.39, 0.29) is 5.56 Å². The molecular formula is C15H9Cl2NO2S. The lowest BCUT2D eigenvalue weighted by molar-refractivity contribution is 0.0697. The van der Waals surface area contributed by atoms with Crippen molar-refractivity contribution < 1.29 is 9.90 Å². The molecule has 1 N–H and O–H groups in total. The van der Waals surface area contributed by atoms with Crippen LogP contribution in [0.5, 0.6) is 0 Å². The molecule has 2 aromatic carbocycles. The zero-order valence-electron chi connectivity index (χ0n) is 10.6. The van der Waals surface area contributed by atoms with Crippen molar-refractivity contribution >= 4 is 50.7 Å². The number of carbonyl (C=O) groups is 1. The Balaban J connectivity index is 1.93. The highest BCUT2D eigenvalue weighted by Gasteiger charge is 2.09. The molecular weight excluding hydrogens is 329 g/mol. The predicted molar refractivity (Wildman–Crippen MR) is 85.8 cm³/mol. The second-order valence-electron chi connectivity index (χ2n) is 4.52. The highest BCUT2D eigenvalue weighted by molar-refractivity contribution is 7.18. The molecule has 0 saturated heterocycles. The molecule has 0 spiro atoms. The smallest absolute Gasteiger partial charge is 0.335 e. The van der Waals surface area contributed by atoms with Gasteiger partial charge >= 0.3 is 5.97 Å². The minimum atomic E-state index is -0.934. The number of hydrogen-bond donors (Lipinski definition) is 1. The summed E-state index contributed by atoms with van der Waals surface area (Å²) < 4.78 is 0.866. The molecule has 6 heteroatoms. The maximum Gasteiger partial charge on any atom is 0.335 e. The minimum absolute atomic E-state index is 0.271. The van der Waals surface area contributed by atoms with Gasteiger partial charge in [-0.2, -0.15) is 0 Å². The van der Waals surface area contributed by atoms with E-state index < -0.39 is 5.97 Å². The van der Waals surface area contributed by atoms with Crippen LogP contribution < -0.4 is 0 Å². The molecule has 3 nitrogen and oxygen atoms in total. The number of rotatable bonds is 3. The van der Waals surface area contributed by atoms with E-state index in [0.717, 1.165) is 20.8 Å². The highest BCUT2D eigenvalue weighted by Crippen LogP contribution is 2.27. The van der Waals surface area contributed by atoms with E-state index in [2.05, 4.69) is 4.98 Å². The van der Waals surface area contributed by atoms with Crippen LogP contribution in [0.1, 0.15) is 20.9 Å². The molecule has 21 heavy (non-hydrogen) atoms. The summed E-state index contributed by atoms with van der Waals surface area (Å²) in [5.41, 5.74) is 2.09. The molecule has 0 saturated carbocycles. The van der Waals surface area contributed by atoms with Crippen LogP contribution in [-0.4, -0.2) is 16.1 Å². The summed E-state index contributed by atoms with van der Waals surface area (Å²) in [6.45, 7) is 0. The first-order valence-corrected chi connectivity index (χ1v) is 7.67. The van der Waals surface area contributed by atoms with Crippen LogP contribution in [0.15, 0.2) is 36.4 Å². The van der Waals surface area contributed by atoms with E-state index in [1.54, 1.807) is 24.3 Å². The predicted octanol–water partition coefficient (Wildman–Crippen LogP) is 4.89. The number of aromatic carboxylic acids is 1. The Labute approximate surface area is 134 Å². The van der Waals surface area contributed by atoms with Gasteiger partial charge in [0.05, 0.1) is 30.8 Å². The van der Waals surface area contributed by atoms with Crippen molar-refractivity contribution in [2.24, 2.45) is 0 Å². The average Bonchev–Trinajstić information content (AvgIpc) is 2.84. The van der Waals surface area contributed by atoms with E-state index in [4.69, 9.17) is 28.3 Å². The fraction of sp³-hybridized carbons (Fsp3) is 0.0667. The van der Waals surface area contributed by atoms with Gasteiger partial charge in [0.1, 0.15) is 0 Å². The summed E-state index contributed by atoms with van der Waals surface area (Å²) in [4.78, 5) is 15.5. The van der Waals surface area contributed by atoms with Gasteiger partial charge in [0.2, 0.25) is 0 Å². The van der Waals surface area contributed by atoms with Gasteiger partial charge < -0.3 is 5.11 Å². The first kappa shape index (κ1) is 14.3. The topological polar surface area (TPSA) is 50.2 Å². The lowest BCUT2D eigenvalue weighted by atomic mass is 10.1. The van der Waals surface area contributed by atoms with Crippen molar-refractivity contribution in [3.63, 3.8) is 0 Å². The summed E-state index contributed by atoms with van der Waals surface area (Å²) >= 11 is 13.4. The first-order chi connectivity index (χ1) is 10.0. The number of carboxylic acid groups (broad SMARTS) is 1. The lowest BCUT2D eigenvalue weighted by Gasteiger charge is -2.00.